The topological polar surface area (TPSA) is 0 Å². The van der Waals surface area contributed by atoms with Crippen molar-refractivity contribution in [2.24, 2.45) is 17.3 Å². The quantitative estimate of drug-likeness (QED) is 0.529. The molecular weight excluding hydrogens is 156 g/mol. The van der Waals surface area contributed by atoms with Crippen molar-refractivity contribution in [1.82, 2.24) is 0 Å². The highest BCUT2D eigenvalue weighted by Gasteiger charge is 2.35. The van der Waals surface area contributed by atoms with Gasteiger partial charge in [-0.15, -0.1) is 0 Å². The van der Waals surface area contributed by atoms with Gasteiger partial charge in [-0.1, -0.05) is 38.8 Å². The summed E-state index contributed by atoms with van der Waals surface area (Å²) in [4.78, 5) is 0. The molecule has 0 aromatic heterocycles. The van der Waals surface area contributed by atoms with E-state index in [2.05, 4.69) is 26.0 Å². The summed E-state index contributed by atoms with van der Waals surface area (Å²) in [7, 11) is 0. The van der Waals surface area contributed by atoms with Crippen LogP contribution >= 0.6 is 0 Å². The summed E-state index contributed by atoms with van der Waals surface area (Å²) in [5.41, 5.74) is 0.559. The first kappa shape index (κ1) is 9.30. The van der Waals surface area contributed by atoms with Crippen LogP contribution in [0.5, 0.6) is 0 Å². The third-order valence-corrected chi connectivity index (χ3v) is 4.23. The highest BCUT2D eigenvalue weighted by atomic mass is 14.4. The van der Waals surface area contributed by atoms with E-state index in [0.717, 1.165) is 11.8 Å². The predicted molar refractivity (Wildman–Crippen MR) is 57.6 cm³/mol. The van der Waals surface area contributed by atoms with Gasteiger partial charge in [0.25, 0.3) is 0 Å². The zero-order valence-corrected chi connectivity index (χ0v) is 9.05. The van der Waals surface area contributed by atoms with Crippen molar-refractivity contribution in [2.45, 2.75) is 52.4 Å². The van der Waals surface area contributed by atoms with Gasteiger partial charge < -0.3 is 0 Å². The molecule has 0 aromatic rings. The third-order valence-electron chi connectivity index (χ3n) is 4.23. The average molecular weight is 178 g/mol. The first-order valence-corrected chi connectivity index (χ1v) is 5.90. The molecule has 13 heavy (non-hydrogen) atoms. The molecular formula is C13H22. The lowest BCUT2D eigenvalue weighted by Gasteiger charge is -2.36. The number of allylic oxidation sites excluding steroid dienone is 2. The Kier molecular flexibility index (Phi) is 2.49. The Bertz CT molecular complexity index is 198. The van der Waals surface area contributed by atoms with Crippen LogP contribution in [0.1, 0.15) is 52.4 Å². The SMILES string of the molecule is CC1C=CC(C)(C2CCCC2)CC1. The highest BCUT2D eigenvalue weighted by Crippen LogP contribution is 2.46. The number of hydrogen-bond donors (Lipinski definition) is 0. The first-order valence-electron chi connectivity index (χ1n) is 5.90. The molecule has 0 nitrogen and oxygen atoms in total. The summed E-state index contributed by atoms with van der Waals surface area (Å²) in [6.45, 7) is 4.82. The summed E-state index contributed by atoms with van der Waals surface area (Å²) in [6, 6.07) is 0. The van der Waals surface area contributed by atoms with Crippen LogP contribution in [0, 0.1) is 17.3 Å². The van der Waals surface area contributed by atoms with E-state index in [-0.39, 0.29) is 0 Å². The van der Waals surface area contributed by atoms with Crippen molar-refractivity contribution >= 4 is 0 Å². The van der Waals surface area contributed by atoms with E-state index in [1.807, 2.05) is 0 Å². The van der Waals surface area contributed by atoms with Crippen LogP contribution < -0.4 is 0 Å². The fourth-order valence-electron chi connectivity index (χ4n) is 3.03. The second-order valence-electron chi connectivity index (χ2n) is 5.36. The number of rotatable bonds is 1. The molecule has 2 rings (SSSR count). The molecule has 2 aliphatic rings. The largest absolute Gasteiger partial charge is 0.0851 e. The molecule has 2 aliphatic carbocycles. The Labute approximate surface area is 82.4 Å². The maximum Gasteiger partial charge on any atom is -0.0118 e. The number of hydrogen-bond acceptors (Lipinski definition) is 0. The molecule has 0 aliphatic heterocycles. The van der Waals surface area contributed by atoms with Gasteiger partial charge in [-0.05, 0) is 42.9 Å². The molecule has 0 heterocycles. The van der Waals surface area contributed by atoms with Crippen molar-refractivity contribution in [3.8, 4) is 0 Å². The Morgan fingerprint density at radius 2 is 1.85 bits per heavy atom. The fourth-order valence-corrected chi connectivity index (χ4v) is 3.03. The minimum atomic E-state index is 0.559. The zero-order valence-electron chi connectivity index (χ0n) is 9.05. The summed E-state index contributed by atoms with van der Waals surface area (Å²) in [5.74, 6) is 1.82. The van der Waals surface area contributed by atoms with Crippen molar-refractivity contribution in [3.63, 3.8) is 0 Å². The second kappa shape index (κ2) is 3.48. The molecule has 0 N–H and O–H groups in total. The molecule has 0 heteroatoms. The maximum atomic E-state index is 2.52. The van der Waals surface area contributed by atoms with Crippen molar-refractivity contribution in [2.75, 3.05) is 0 Å². The van der Waals surface area contributed by atoms with Gasteiger partial charge in [0.15, 0.2) is 0 Å². The van der Waals surface area contributed by atoms with E-state index < -0.39 is 0 Å². The van der Waals surface area contributed by atoms with Gasteiger partial charge in [-0.3, -0.25) is 0 Å². The molecule has 1 fully saturated rings. The van der Waals surface area contributed by atoms with Gasteiger partial charge in [0.05, 0.1) is 0 Å². The van der Waals surface area contributed by atoms with Crippen LogP contribution in [-0.4, -0.2) is 0 Å². The van der Waals surface area contributed by atoms with Crippen LogP contribution in [-0.2, 0) is 0 Å². The molecule has 0 radical (unpaired) electrons. The van der Waals surface area contributed by atoms with Crippen LogP contribution in [0.4, 0.5) is 0 Å². The lowest BCUT2D eigenvalue weighted by molar-refractivity contribution is 0.215. The highest BCUT2D eigenvalue weighted by molar-refractivity contribution is 5.07. The third kappa shape index (κ3) is 1.82. The molecule has 0 aromatic carbocycles. The van der Waals surface area contributed by atoms with Gasteiger partial charge in [0.2, 0.25) is 0 Å². The van der Waals surface area contributed by atoms with E-state index in [1.54, 1.807) is 0 Å². The van der Waals surface area contributed by atoms with Crippen LogP contribution in [0.3, 0.4) is 0 Å². The van der Waals surface area contributed by atoms with Gasteiger partial charge in [-0.25, -0.2) is 0 Å². The smallest absolute Gasteiger partial charge is 0.0118 e. The lowest BCUT2D eigenvalue weighted by atomic mass is 9.68. The lowest BCUT2D eigenvalue weighted by Crippen LogP contribution is -2.26. The second-order valence-corrected chi connectivity index (χ2v) is 5.36. The van der Waals surface area contributed by atoms with Gasteiger partial charge in [0.1, 0.15) is 0 Å². The normalized spacial score (nSPS) is 41.2. The van der Waals surface area contributed by atoms with Gasteiger partial charge in [-0.2, -0.15) is 0 Å². The molecule has 2 atom stereocenters. The standard InChI is InChI=1S/C13H22/c1-11-7-9-13(2,10-8-11)12-5-3-4-6-12/h7,9,11-12H,3-6,8,10H2,1-2H3. The van der Waals surface area contributed by atoms with Crippen LogP contribution in [0.15, 0.2) is 12.2 Å². The molecule has 0 spiro atoms. The van der Waals surface area contributed by atoms with Gasteiger partial charge in [0, 0.05) is 0 Å². The van der Waals surface area contributed by atoms with Crippen molar-refractivity contribution in [1.29, 1.82) is 0 Å². The summed E-state index contributed by atoms with van der Waals surface area (Å²) in [6.07, 6.45) is 13.7. The van der Waals surface area contributed by atoms with Crippen molar-refractivity contribution < 1.29 is 0 Å². The van der Waals surface area contributed by atoms with Crippen molar-refractivity contribution in [3.05, 3.63) is 12.2 Å². The molecule has 0 bridgehead atoms. The predicted octanol–water partition coefficient (Wildman–Crippen LogP) is 4.17. The average Bonchev–Trinajstić information content (AvgIpc) is 2.63. The first-order chi connectivity index (χ1) is 6.21. The minimum Gasteiger partial charge on any atom is -0.0851 e. The zero-order chi connectivity index (χ0) is 9.31. The molecule has 2 unspecified atom stereocenters. The summed E-state index contributed by atoms with van der Waals surface area (Å²) in [5, 5.41) is 0. The van der Waals surface area contributed by atoms with E-state index in [9.17, 15) is 0 Å². The fraction of sp³-hybridized carbons (Fsp3) is 0.846. The maximum absolute atomic E-state index is 2.52. The van der Waals surface area contributed by atoms with Crippen LogP contribution in [0.25, 0.3) is 0 Å². The summed E-state index contributed by atoms with van der Waals surface area (Å²) < 4.78 is 0. The van der Waals surface area contributed by atoms with E-state index in [0.29, 0.717) is 5.41 Å². The van der Waals surface area contributed by atoms with E-state index in [4.69, 9.17) is 0 Å². The van der Waals surface area contributed by atoms with Gasteiger partial charge >= 0.3 is 0 Å². The monoisotopic (exact) mass is 178 g/mol. The Hall–Kier alpha value is -0.260. The van der Waals surface area contributed by atoms with E-state index >= 15 is 0 Å². The molecule has 0 saturated heterocycles. The molecule has 0 amide bonds. The Balaban J connectivity index is 2.06. The van der Waals surface area contributed by atoms with Crippen LogP contribution in [0.2, 0.25) is 0 Å². The summed E-state index contributed by atoms with van der Waals surface area (Å²) >= 11 is 0. The minimum absolute atomic E-state index is 0.559. The van der Waals surface area contributed by atoms with E-state index in [1.165, 1.54) is 38.5 Å². The molecule has 74 valence electrons. The Morgan fingerprint density at radius 1 is 1.15 bits per heavy atom. The Morgan fingerprint density at radius 3 is 2.38 bits per heavy atom. The molecule has 1 saturated carbocycles.